The third kappa shape index (κ3) is 1.69. The first-order chi connectivity index (χ1) is 7.41. The Hall–Kier alpha value is -1.75. The van der Waals surface area contributed by atoms with E-state index in [1.54, 1.807) is 6.07 Å². The summed E-state index contributed by atoms with van der Waals surface area (Å²) in [5, 5.41) is 19.9. The zero-order valence-electron chi connectivity index (χ0n) is 9.06. The van der Waals surface area contributed by atoms with E-state index < -0.39 is 11.7 Å². The van der Waals surface area contributed by atoms with E-state index in [9.17, 15) is 10.0 Å². The van der Waals surface area contributed by atoms with Gasteiger partial charge in [0.05, 0.1) is 5.69 Å². The zero-order chi connectivity index (χ0) is 11.9. The van der Waals surface area contributed by atoms with E-state index in [4.69, 9.17) is 9.84 Å². The molecule has 1 aliphatic rings. The van der Waals surface area contributed by atoms with Crippen LogP contribution in [0.25, 0.3) is 0 Å². The van der Waals surface area contributed by atoms with E-state index in [0.717, 1.165) is 5.56 Å². The average Bonchev–Trinajstić information content (AvgIpc) is 2.49. The van der Waals surface area contributed by atoms with Crippen LogP contribution in [-0.4, -0.2) is 16.8 Å². The Labute approximate surface area is 92.8 Å². The summed E-state index contributed by atoms with van der Waals surface area (Å²) in [5.74, 6) is 0.380. The molecule has 0 bridgehead atoms. The van der Waals surface area contributed by atoms with Crippen molar-refractivity contribution in [3.8, 4) is 5.75 Å². The van der Waals surface area contributed by atoms with Gasteiger partial charge in [-0.05, 0) is 19.9 Å². The van der Waals surface area contributed by atoms with Gasteiger partial charge in [0.1, 0.15) is 11.4 Å². The first kappa shape index (κ1) is 10.8. The molecule has 5 heteroatoms. The summed E-state index contributed by atoms with van der Waals surface area (Å²) in [4.78, 5) is 10.6. The van der Waals surface area contributed by atoms with Crippen molar-refractivity contribution in [3.63, 3.8) is 0 Å². The number of para-hydroxylation sites is 1. The summed E-state index contributed by atoms with van der Waals surface area (Å²) in [6.45, 7) is 3.79. The van der Waals surface area contributed by atoms with Gasteiger partial charge in [-0.2, -0.15) is 0 Å². The van der Waals surface area contributed by atoms with Gasteiger partial charge in [0.15, 0.2) is 0 Å². The Morgan fingerprint density at radius 3 is 2.88 bits per heavy atom. The largest absolute Gasteiger partial charge is 0.749 e. The second kappa shape index (κ2) is 3.38. The molecule has 0 spiro atoms. The van der Waals surface area contributed by atoms with Crippen LogP contribution in [0.1, 0.15) is 19.4 Å². The number of carbonyl (C=O) groups is 1. The first-order valence-corrected chi connectivity index (χ1v) is 4.92. The quantitative estimate of drug-likeness (QED) is 0.740. The SMILES string of the molecule is CC1(C)Cc2cccc(N([O-])C(=O)O)c2O1. The maximum absolute atomic E-state index is 11.4. The highest BCUT2D eigenvalue weighted by Crippen LogP contribution is 2.41. The second-order valence-electron chi connectivity index (χ2n) is 4.38. The van der Waals surface area contributed by atoms with Gasteiger partial charge in [0.25, 0.3) is 0 Å². The summed E-state index contributed by atoms with van der Waals surface area (Å²) in [6, 6.07) is 4.94. The molecule has 2 rings (SSSR count). The van der Waals surface area contributed by atoms with Crippen LogP contribution in [0.15, 0.2) is 18.2 Å². The van der Waals surface area contributed by atoms with Crippen molar-refractivity contribution in [2.75, 3.05) is 5.06 Å². The monoisotopic (exact) mass is 222 g/mol. The van der Waals surface area contributed by atoms with Crippen LogP contribution in [0.4, 0.5) is 10.5 Å². The molecule has 0 saturated carbocycles. The number of hydrogen-bond acceptors (Lipinski definition) is 3. The number of hydroxylamine groups is 1. The molecule has 0 aromatic heterocycles. The molecule has 86 valence electrons. The Balaban J connectivity index is 2.45. The number of amides is 1. The van der Waals surface area contributed by atoms with Crippen molar-refractivity contribution in [1.29, 1.82) is 0 Å². The average molecular weight is 222 g/mol. The molecule has 0 fully saturated rings. The molecule has 0 unspecified atom stereocenters. The van der Waals surface area contributed by atoms with Crippen LogP contribution in [0, 0.1) is 5.21 Å². The van der Waals surface area contributed by atoms with E-state index in [-0.39, 0.29) is 10.8 Å². The van der Waals surface area contributed by atoms with E-state index in [0.29, 0.717) is 12.2 Å². The topological polar surface area (TPSA) is 72.8 Å². The fourth-order valence-electron chi connectivity index (χ4n) is 1.86. The Morgan fingerprint density at radius 2 is 2.25 bits per heavy atom. The number of rotatable bonds is 1. The number of carboxylic acid groups (broad SMARTS) is 1. The van der Waals surface area contributed by atoms with Crippen molar-refractivity contribution >= 4 is 11.8 Å². The van der Waals surface area contributed by atoms with Crippen molar-refractivity contribution in [3.05, 3.63) is 29.0 Å². The van der Waals surface area contributed by atoms with Gasteiger partial charge in [-0.25, -0.2) is 4.79 Å². The highest BCUT2D eigenvalue weighted by Gasteiger charge is 2.32. The maximum atomic E-state index is 11.4. The molecule has 5 nitrogen and oxygen atoms in total. The molecule has 1 aromatic carbocycles. The molecular formula is C11H12NO4-. The fraction of sp³-hybridized carbons (Fsp3) is 0.364. The molecule has 1 amide bonds. The van der Waals surface area contributed by atoms with Gasteiger partial charge in [-0.1, -0.05) is 12.1 Å². The van der Waals surface area contributed by atoms with Crippen LogP contribution in [0.2, 0.25) is 0 Å². The van der Waals surface area contributed by atoms with Gasteiger partial charge < -0.3 is 20.1 Å². The van der Waals surface area contributed by atoms with Gasteiger partial charge in [-0.3, -0.25) is 0 Å². The van der Waals surface area contributed by atoms with E-state index >= 15 is 0 Å². The predicted octanol–water partition coefficient (Wildman–Crippen LogP) is 2.38. The van der Waals surface area contributed by atoms with Crippen molar-refractivity contribution in [1.82, 2.24) is 0 Å². The van der Waals surface area contributed by atoms with Gasteiger partial charge in [0, 0.05) is 12.0 Å². The lowest BCUT2D eigenvalue weighted by Crippen LogP contribution is -2.26. The lowest BCUT2D eigenvalue weighted by Gasteiger charge is -2.27. The molecule has 1 aliphatic heterocycles. The molecule has 1 heterocycles. The van der Waals surface area contributed by atoms with Gasteiger partial charge in [0.2, 0.25) is 0 Å². The lowest BCUT2D eigenvalue weighted by molar-refractivity contribution is 0.138. The Morgan fingerprint density at radius 1 is 1.56 bits per heavy atom. The van der Waals surface area contributed by atoms with E-state index in [1.807, 2.05) is 19.9 Å². The van der Waals surface area contributed by atoms with Crippen LogP contribution < -0.4 is 9.80 Å². The normalized spacial score (nSPS) is 16.4. The molecule has 16 heavy (non-hydrogen) atoms. The molecule has 0 saturated heterocycles. The van der Waals surface area contributed by atoms with Gasteiger partial charge in [-0.15, -0.1) is 0 Å². The highest BCUT2D eigenvalue weighted by atomic mass is 16.6. The molecule has 1 aromatic rings. The van der Waals surface area contributed by atoms with Crippen molar-refractivity contribution < 1.29 is 14.6 Å². The summed E-state index contributed by atoms with van der Waals surface area (Å²) >= 11 is 0. The summed E-state index contributed by atoms with van der Waals surface area (Å²) in [5.41, 5.74) is 0.526. The lowest BCUT2D eigenvalue weighted by atomic mass is 10.0. The number of nitrogens with zero attached hydrogens (tertiary/aromatic N) is 1. The summed E-state index contributed by atoms with van der Waals surface area (Å²) < 4.78 is 5.59. The van der Waals surface area contributed by atoms with Gasteiger partial charge >= 0.3 is 6.09 Å². The molecule has 0 radical (unpaired) electrons. The van der Waals surface area contributed by atoms with Crippen molar-refractivity contribution in [2.45, 2.75) is 25.9 Å². The summed E-state index contributed by atoms with van der Waals surface area (Å²) in [7, 11) is 0. The zero-order valence-corrected chi connectivity index (χ0v) is 9.06. The third-order valence-corrected chi connectivity index (χ3v) is 2.46. The van der Waals surface area contributed by atoms with Crippen LogP contribution >= 0.6 is 0 Å². The third-order valence-electron chi connectivity index (χ3n) is 2.46. The molecular weight excluding hydrogens is 210 g/mol. The minimum Gasteiger partial charge on any atom is -0.749 e. The molecule has 0 atom stereocenters. The molecule has 1 N–H and O–H groups in total. The minimum atomic E-state index is -1.54. The maximum Gasteiger partial charge on any atom is 0.401 e. The Bertz CT molecular complexity index is 442. The Kier molecular flexibility index (Phi) is 2.27. The number of benzene rings is 1. The van der Waals surface area contributed by atoms with Crippen LogP contribution in [-0.2, 0) is 6.42 Å². The number of hydrogen-bond donors (Lipinski definition) is 1. The van der Waals surface area contributed by atoms with E-state index in [2.05, 4.69) is 0 Å². The number of ether oxygens (including phenoxy) is 1. The highest BCUT2D eigenvalue weighted by molar-refractivity contribution is 5.89. The minimum absolute atomic E-state index is 0.0515. The first-order valence-electron chi connectivity index (χ1n) is 4.92. The van der Waals surface area contributed by atoms with Crippen LogP contribution in [0.3, 0.4) is 0 Å². The predicted molar refractivity (Wildman–Crippen MR) is 58.7 cm³/mol. The summed E-state index contributed by atoms with van der Waals surface area (Å²) in [6.07, 6.45) is -0.870. The standard InChI is InChI=1S/C11H12NO4/c1-11(2)6-7-4-3-5-8(9(7)16-11)12(15)10(13)14/h3-5H,6H2,1-2H3,(H,13,14)/q-1. The number of anilines is 1. The van der Waals surface area contributed by atoms with Crippen molar-refractivity contribution in [2.24, 2.45) is 0 Å². The number of fused-ring (bicyclic) bond motifs is 1. The smallest absolute Gasteiger partial charge is 0.401 e. The molecule has 0 aliphatic carbocycles. The fourth-order valence-corrected chi connectivity index (χ4v) is 1.86. The van der Waals surface area contributed by atoms with E-state index in [1.165, 1.54) is 6.07 Å². The van der Waals surface area contributed by atoms with Crippen LogP contribution in [0.5, 0.6) is 5.75 Å². The second-order valence-corrected chi connectivity index (χ2v) is 4.38.